The summed E-state index contributed by atoms with van der Waals surface area (Å²) in [4.78, 5) is 13.6. The van der Waals surface area contributed by atoms with Crippen molar-refractivity contribution >= 4 is 5.91 Å². The number of rotatable bonds is 2. The lowest BCUT2D eigenvalue weighted by molar-refractivity contribution is -0.124. The van der Waals surface area contributed by atoms with Gasteiger partial charge in [0.15, 0.2) is 0 Å². The molecule has 2 fully saturated rings. The molecule has 1 unspecified atom stereocenters. The molecule has 3 nitrogen and oxygen atoms in total. The molecule has 1 saturated heterocycles. The van der Waals surface area contributed by atoms with Crippen LogP contribution in [0.1, 0.15) is 40.0 Å². The average molecular weight is 260 g/mol. The van der Waals surface area contributed by atoms with Gasteiger partial charge in [0.1, 0.15) is 0 Å². The van der Waals surface area contributed by atoms with Crippen LogP contribution in [0.4, 0.5) is 8.78 Å². The van der Waals surface area contributed by atoms with Gasteiger partial charge in [-0.25, -0.2) is 8.78 Å². The Hall–Kier alpha value is -0.710. The van der Waals surface area contributed by atoms with Crippen molar-refractivity contribution in [3.63, 3.8) is 0 Å². The van der Waals surface area contributed by atoms with Crippen LogP contribution in [0.15, 0.2) is 0 Å². The van der Waals surface area contributed by atoms with Gasteiger partial charge in [-0.05, 0) is 40.2 Å². The largest absolute Gasteiger partial charge is 0.350 e. The molecule has 2 aliphatic rings. The van der Waals surface area contributed by atoms with E-state index >= 15 is 0 Å². The summed E-state index contributed by atoms with van der Waals surface area (Å²) in [6.45, 7) is 7.08. The molecular formula is C13H22F2N2O. The number of likely N-dealkylation sites (tertiary alicyclic amines) is 1. The fourth-order valence-corrected chi connectivity index (χ4v) is 2.85. The van der Waals surface area contributed by atoms with Crippen LogP contribution in [-0.4, -0.2) is 41.9 Å². The van der Waals surface area contributed by atoms with Gasteiger partial charge in [-0.15, -0.1) is 0 Å². The van der Waals surface area contributed by atoms with Crippen molar-refractivity contribution in [2.75, 3.05) is 19.6 Å². The molecule has 5 heteroatoms. The van der Waals surface area contributed by atoms with E-state index in [0.717, 1.165) is 13.0 Å². The minimum atomic E-state index is -2.51. The van der Waals surface area contributed by atoms with Crippen LogP contribution in [-0.2, 0) is 4.79 Å². The van der Waals surface area contributed by atoms with E-state index in [2.05, 4.69) is 5.32 Å². The van der Waals surface area contributed by atoms with Gasteiger partial charge in [0.25, 0.3) is 5.92 Å². The lowest BCUT2D eigenvalue weighted by Crippen LogP contribution is -2.48. The maximum Gasteiger partial charge on any atom is 0.255 e. The lowest BCUT2D eigenvalue weighted by atomic mass is 9.94. The number of nitrogens with one attached hydrogen (secondary N) is 1. The Kier molecular flexibility index (Phi) is 3.16. The van der Waals surface area contributed by atoms with Crippen LogP contribution in [0.3, 0.4) is 0 Å². The van der Waals surface area contributed by atoms with Crippen molar-refractivity contribution in [1.82, 2.24) is 10.2 Å². The fraction of sp³-hybridized carbons (Fsp3) is 0.923. The number of nitrogens with zero attached hydrogens (tertiary/aromatic N) is 1. The van der Waals surface area contributed by atoms with Crippen molar-refractivity contribution in [3.05, 3.63) is 0 Å². The second-order valence-corrected chi connectivity index (χ2v) is 6.77. The first-order valence-electron chi connectivity index (χ1n) is 6.55. The summed E-state index contributed by atoms with van der Waals surface area (Å²) in [6.07, 6.45) is 1.35. The first kappa shape index (κ1) is 13.7. The number of alkyl halides is 2. The van der Waals surface area contributed by atoms with E-state index in [1.807, 2.05) is 25.7 Å². The SMILES string of the molecule is CC(C)(C)NC(=O)CN1CCCC2(C1)CC2(F)F. The Labute approximate surface area is 107 Å². The molecule has 0 bridgehead atoms. The second-order valence-electron chi connectivity index (χ2n) is 6.77. The molecule has 1 aliphatic carbocycles. The zero-order valence-electron chi connectivity index (χ0n) is 11.4. The van der Waals surface area contributed by atoms with Gasteiger partial charge in [-0.3, -0.25) is 9.69 Å². The predicted molar refractivity (Wildman–Crippen MR) is 65.6 cm³/mol. The number of halogens is 2. The summed E-state index contributed by atoms with van der Waals surface area (Å²) in [5.74, 6) is -2.59. The molecule has 1 saturated carbocycles. The van der Waals surface area contributed by atoms with Crippen molar-refractivity contribution in [3.8, 4) is 0 Å². The minimum Gasteiger partial charge on any atom is -0.350 e. The van der Waals surface area contributed by atoms with Gasteiger partial charge in [-0.2, -0.15) is 0 Å². The maximum atomic E-state index is 13.3. The Morgan fingerprint density at radius 3 is 2.50 bits per heavy atom. The summed E-state index contributed by atoms with van der Waals surface area (Å²) in [6, 6.07) is 0. The first-order valence-corrected chi connectivity index (χ1v) is 6.55. The first-order chi connectivity index (χ1) is 8.14. The zero-order valence-corrected chi connectivity index (χ0v) is 11.4. The average Bonchev–Trinajstić information content (AvgIpc) is 2.62. The van der Waals surface area contributed by atoms with Gasteiger partial charge < -0.3 is 5.32 Å². The van der Waals surface area contributed by atoms with Crippen LogP contribution in [0, 0.1) is 5.41 Å². The van der Waals surface area contributed by atoms with Gasteiger partial charge in [0.2, 0.25) is 5.91 Å². The van der Waals surface area contributed by atoms with Crippen LogP contribution >= 0.6 is 0 Å². The molecule has 0 aromatic heterocycles. The molecule has 1 atom stereocenters. The van der Waals surface area contributed by atoms with Crippen molar-refractivity contribution in [2.45, 2.75) is 51.5 Å². The molecule has 18 heavy (non-hydrogen) atoms. The highest BCUT2D eigenvalue weighted by atomic mass is 19.3. The quantitative estimate of drug-likeness (QED) is 0.824. The number of piperidine rings is 1. The molecule has 104 valence electrons. The molecule has 0 aromatic carbocycles. The Bertz CT molecular complexity index is 351. The monoisotopic (exact) mass is 260 g/mol. The molecule has 1 spiro atoms. The number of carbonyl (C=O) groups excluding carboxylic acids is 1. The summed E-state index contributed by atoms with van der Waals surface area (Å²) >= 11 is 0. The van der Waals surface area contributed by atoms with E-state index in [-0.39, 0.29) is 24.4 Å². The van der Waals surface area contributed by atoms with Crippen LogP contribution in [0.5, 0.6) is 0 Å². The number of hydrogen-bond acceptors (Lipinski definition) is 2. The van der Waals surface area contributed by atoms with E-state index in [9.17, 15) is 13.6 Å². The standard InChI is InChI=1S/C13H22F2N2O/c1-11(2,3)16-10(18)7-17-6-4-5-12(9-17)8-13(12,14)15/h4-9H2,1-3H3,(H,16,18). The zero-order chi connectivity index (χ0) is 13.6. The maximum absolute atomic E-state index is 13.3. The molecule has 1 amide bonds. The van der Waals surface area contributed by atoms with E-state index in [1.165, 1.54) is 0 Å². The van der Waals surface area contributed by atoms with Crippen molar-refractivity contribution < 1.29 is 13.6 Å². The lowest BCUT2D eigenvalue weighted by Gasteiger charge is -2.33. The predicted octanol–water partition coefficient (Wildman–Crippen LogP) is 2.02. The molecule has 2 rings (SSSR count). The Morgan fingerprint density at radius 1 is 1.39 bits per heavy atom. The number of amides is 1. The minimum absolute atomic E-state index is 0.00259. The van der Waals surface area contributed by atoms with Crippen molar-refractivity contribution in [1.29, 1.82) is 0 Å². The number of carbonyl (C=O) groups is 1. The third-order valence-corrected chi connectivity index (χ3v) is 3.75. The molecule has 0 radical (unpaired) electrons. The van der Waals surface area contributed by atoms with E-state index in [4.69, 9.17) is 0 Å². The van der Waals surface area contributed by atoms with Crippen LogP contribution in [0.25, 0.3) is 0 Å². The summed E-state index contributed by atoms with van der Waals surface area (Å²) in [5.41, 5.74) is -1.10. The van der Waals surface area contributed by atoms with Crippen molar-refractivity contribution in [2.24, 2.45) is 5.41 Å². The van der Waals surface area contributed by atoms with Gasteiger partial charge >= 0.3 is 0 Å². The third kappa shape index (κ3) is 2.82. The highest BCUT2D eigenvalue weighted by Crippen LogP contribution is 2.64. The normalized spacial score (nSPS) is 31.4. The van der Waals surface area contributed by atoms with E-state index in [0.29, 0.717) is 13.0 Å². The van der Waals surface area contributed by atoms with Crippen LogP contribution in [0.2, 0.25) is 0 Å². The highest BCUT2D eigenvalue weighted by molar-refractivity contribution is 5.78. The Morgan fingerprint density at radius 2 is 2.00 bits per heavy atom. The second kappa shape index (κ2) is 4.15. The molecule has 1 N–H and O–H groups in total. The summed E-state index contributed by atoms with van der Waals surface area (Å²) in [5, 5.41) is 2.87. The summed E-state index contributed by atoms with van der Waals surface area (Å²) < 4.78 is 26.7. The molecule has 1 heterocycles. The van der Waals surface area contributed by atoms with Crippen LogP contribution < -0.4 is 5.32 Å². The summed E-state index contributed by atoms with van der Waals surface area (Å²) in [7, 11) is 0. The molecule has 1 aliphatic heterocycles. The smallest absolute Gasteiger partial charge is 0.255 e. The van der Waals surface area contributed by atoms with Gasteiger partial charge in [-0.1, -0.05) is 0 Å². The molecule has 0 aromatic rings. The fourth-order valence-electron chi connectivity index (χ4n) is 2.85. The van der Waals surface area contributed by atoms with E-state index < -0.39 is 11.3 Å². The van der Waals surface area contributed by atoms with E-state index in [1.54, 1.807) is 0 Å². The van der Waals surface area contributed by atoms with Gasteiger partial charge in [0.05, 0.1) is 12.0 Å². The molecular weight excluding hydrogens is 238 g/mol. The number of hydrogen-bond donors (Lipinski definition) is 1. The topological polar surface area (TPSA) is 32.3 Å². The third-order valence-electron chi connectivity index (χ3n) is 3.75. The Balaban J connectivity index is 1.86. The van der Waals surface area contributed by atoms with Gasteiger partial charge in [0, 0.05) is 18.5 Å². The highest BCUT2D eigenvalue weighted by Gasteiger charge is 2.71.